The molecule has 0 radical (unpaired) electrons. The predicted octanol–water partition coefficient (Wildman–Crippen LogP) is 1.62. The van der Waals surface area contributed by atoms with E-state index >= 15 is 0 Å². The number of carbonyl (C=O) groups excluding carboxylic acids is 1. The van der Waals surface area contributed by atoms with Crippen molar-refractivity contribution in [1.29, 1.82) is 0 Å². The molecular weight excluding hydrogens is 242 g/mol. The van der Waals surface area contributed by atoms with E-state index < -0.39 is 0 Å². The van der Waals surface area contributed by atoms with Crippen LogP contribution >= 0.6 is 11.6 Å². The summed E-state index contributed by atoms with van der Waals surface area (Å²) in [5, 5.41) is 3.88. The van der Waals surface area contributed by atoms with Crippen LogP contribution in [0.5, 0.6) is 0 Å². The Labute approximate surface area is 106 Å². The Morgan fingerprint density at radius 3 is 2.71 bits per heavy atom. The molecule has 0 fully saturated rings. The summed E-state index contributed by atoms with van der Waals surface area (Å²) in [6.45, 7) is 1.67. The zero-order valence-corrected chi connectivity index (χ0v) is 10.5. The number of rotatable bonds is 7. The van der Waals surface area contributed by atoms with Gasteiger partial charge in [0.2, 0.25) is 0 Å². The van der Waals surface area contributed by atoms with Gasteiger partial charge in [0.25, 0.3) is 0 Å². The molecule has 5 heteroatoms. The van der Waals surface area contributed by atoms with Gasteiger partial charge in [-0.15, -0.1) is 0 Å². The third kappa shape index (κ3) is 6.26. The van der Waals surface area contributed by atoms with E-state index in [1.165, 1.54) is 7.11 Å². The molecule has 0 aromatic heterocycles. The van der Waals surface area contributed by atoms with Crippen molar-refractivity contribution in [2.75, 3.05) is 26.9 Å². The molecule has 0 spiro atoms. The summed E-state index contributed by atoms with van der Waals surface area (Å²) in [5.74, 6) is -0.346. The number of carbonyl (C=O) groups is 1. The summed E-state index contributed by atoms with van der Waals surface area (Å²) >= 11 is 5.77. The Balaban J connectivity index is 2.08. The van der Waals surface area contributed by atoms with Crippen molar-refractivity contribution < 1.29 is 14.3 Å². The topological polar surface area (TPSA) is 47.6 Å². The van der Waals surface area contributed by atoms with E-state index in [1.54, 1.807) is 0 Å². The number of nitrogens with one attached hydrogen (secondary N) is 1. The van der Waals surface area contributed by atoms with Crippen LogP contribution in [0.25, 0.3) is 0 Å². The lowest BCUT2D eigenvalue weighted by molar-refractivity contribution is -0.147. The monoisotopic (exact) mass is 257 g/mol. The second-order valence-electron chi connectivity index (χ2n) is 3.46. The van der Waals surface area contributed by atoms with Crippen LogP contribution in [0.3, 0.4) is 0 Å². The molecule has 1 aromatic carbocycles. The Morgan fingerprint density at radius 2 is 2.06 bits per heavy atom. The second kappa shape index (κ2) is 8.06. The van der Waals surface area contributed by atoms with E-state index in [1.807, 2.05) is 24.3 Å². The van der Waals surface area contributed by atoms with Gasteiger partial charge in [-0.2, -0.15) is 0 Å². The SMILES string of the molecule is COCC(=O)OCCNCc1ccc(Cl)cc1. The van der Waals surface area contributed by atoms with Crippen LogP contribution in [-0.2, 0) is 20.8 Å². The lowest BCUT2D eigenvalue weighted by Gasteiger charge is -2.06. The molecule has 0 heterocycles. The van der Waals surface area contributed by atoms with Crippen molar-refractivity contribution in [3.05, 3.63) is 34.9 Å². The van der Waals surface area contributed by atoms with Crippen LogP contribution in [0.1, 0.15) is 5.56 Å². The lowest BCUT2D eigenvalue weighted by Crippen LogP contribution is -2.22. The predicted molar refractivity (Wildman–Crippen MR) is 66.0 cm³/mol. The summed E-state index contributed by atoms with van der Waals surface area (Å²) < 4.78 is 9.53. The van der Waals surface area contributed by atoms with Gasteiger partial charge in [0.05, 0.1) is 0 Å². The number of ether oxygens (including phenoxy) is 2. The van der Waals surface area contributed by atoms with Gasteiger partial charge >= 0.3 is 5.97 Å². The molecule has 0 amide bonds. The summed E-state index contributed by atoms with van der Waals surface area (Å²) in [6, 6.07) is 7.59. The molecule has 0 unspecified atom stereocenters. The Hall–Kier alpha value is -1.10. The first-order valence-corrected chi connectivity index (χ1v) is 5.70. The maximum Gasteiger partial charge on any atom is 0.332 e. The van der Waals surface area contributed by atoms with Crippen LogP contribution in [0.4, 0.5) is 0 Å². The van der Waals surface area contributed by atoms with Crippen molar-refractivity contribution in [2.45, 2.75) is 6.54 Å². The Morgan fingerprint density at radius 1 is 1.35 bits per heavy atom. The van der Waals surface area contributed by atoms with E-state index in [2.05, 4.69) is 10.1 Å². The van der Waals surface area contributed by atoms with Gasteiger partial charge in [-0.3, -0.25) is 0 Å². The Kier molecular flexibility index (Phi) is 6.62. The minimum atomic E-state index is -0.346. The molecule has 0 saturated carbocycles. The van der Waals surface area contributed by atoms with Crippen molar-refractivity contribution in [1.82, 2.24) is 5.32 Å². The maximum absolute atomic E-state index is 10.9. The highest BCUT2D eigenvalue weighted by molar-refractivity contribution is 6.30. The fourth-order valence-corrected chi connectivity index (χ4v) is 1.36. The summed E-state index contributed by atoms with van der Waals surface area (Å²) in [7, 11) is 1.46. The van der Waals surface area contributed by atoms with Crippen molar-refractivity contribution in [3.8, 4) is 0 Å². The fourth-order valence-electron chi connectivity index (χ4n) is 1.23. The van der Waals surface area contributed by atoms with Crippen LogP contribution in [-0.4, -0.2) is 32.8 Å². The molecule has 4 nitrogen and oxygen atoms in total. The minimum absolute atomic E-state index is 0.00279. The van der Waals surface area contributed by atoms with E-state index in [9.17, 15) is 4.79 Å². The van der Waals surface area contributed by atoms with Gasteiger partial charge in [0, 0.05) is 25.2 Å². The maximum atomic E-state index is 10.9. The number of benzene rings is 1. The fraction of sp³-hybridized carbons (Fsp3) is 0.417. The first-order valence-electron chi connectivity index (χ1n) is 5.32. The molecule has 1 rings (SSSR count). The molecular formula is C12H16ClNO3. The molecule has 0 saturated heterocycles. The van der Waals surface area contributed by atoms with Gasteiger partial charge in [0.1, 0.15) is 13.2 Å². The zero-order valence-electron chi connectivity index (χ0n) is 9.74. The van der Waals surface area contributed by atoms with E-state index in [0.29, 0.717) is 13.2 Å². The molecule has 0 atom stereocenters. The normalized spacial score (nSPS) is 10.2. The standard InChI is InChI=1S/C12H16ClNO3/c1-16-9-12(15)17-7-6-14-8-10-2-4-11(13)5-3-10/h2-5,14H,6-9H2,1H3. The molecule has 1 aromatic rings. The average molecular weight is 258 g/mol. The number of hydrogen-bond acceptors (Lipinski definition) is 4. The number of hydrogen-bond donors (Lipinski definition) is 1. The van der Waals surface area contributed by atoms with Crippen molar-refractivity contribution in [3.63, 3.8) is 0 Å². The van der Waals surface area contributed by atoms with Crippen LogP contribution in [0, 0.1) is 0 Å². The summed E-state index contributed by atoms with van der Waals surface area (Å²) in [5.41, 5.74) is 1.14. The van der Waals surface area contributed by atoms with Crippen LogP contribution in [0.2, 0.25) is 5.02 Å². The highest BCUT2D eigenvalue weighted by atomic mass is 35.5. The number of esters is 1. The molecule has 1 N–H and O–H groups in total. The molecule has 0 bridgehead atoms. The third-order valence-electron chi connectivity index (χ3n) is 2.05. The summed E-state index contributed by atoms with van der Waals surface area (Å²) in [6.07, 6.45) is 0. The van der Waals surface area contributed by atoms with E-state index in [4.69, 9.17) is 16.3 Å². The molecule has 0 aliphatic carbocycles. The number of halogens is 1. The average Bonchev–Trinajstić information content (AvgIpc) is 2.31. The first-order chi connectivity index (χ1) is 8.22. The van der Waals surface area contributed by atoms with Crippen LogP contribution < -0.4 is 5.32 Å². The first kappa shape index (κ1) is 14.0. The van der Waals surface area contributed by atoms with Crippen molar-refractivity contribution in [2.24, 2.45) is 0 Å². The van der Waals surface area contributed by atoms with E-state index in [0.717, 1.165) is 17.1 Å². The van der Waals surface area contributed by atoms with E-state index in [-0.39, 0.29) is 12.6 Å². The third-order valence-corrected chi connectivity index (χ3v) is 2.30. The zero-order chi connectivity index (χ0) is 12.5. The van der Waals surface area contributed by atoms with Gasteiger partial charge in [-0.1, -0.05) is 23.7 Å². The number of methoxy groups -OCH3 is 1. The second-order valence-corrected chi connectivity index (χ2v) is 3.89. The Bertz CT molecular complexity index is 340. The van der Waals surface area contributed by atoms with Crippen molar-refractivity contribution >= 4 is 17.6 Å². The quantitative estimate of drug-likeness (QED) is 0.596. The van der Waals surface area contributed by atoms with Gasteiger partial charge < -0.3 is 14.8 Å². The molecule has 94 valence electrons. The van der Waals surface area contributed by atoms with Gasteiger partial charge in [-0.05, 0) is 17.7 Å². The smallest absolute Gasteiger partial charge is 0.332 e. The molecule has 0 aliphatic rings. The van der Waals surface area contributed by atoms with Gasteiger partial charge in [-0.25, -0.2) is 4.79 Å². The van der Waals surface area contributed by atoms with Crippen LogP contribution in [0.15, 0.2) is 24.3 Å². The molecule has 17 heavy (non-hydrogen) atoms. The van der Waals surface area contributed by atoms with Gasteiger partial charge in [0.15, 0.2) is 0 Å². The lowest BCUT2D eigenvalue weighted by atomic mass is 10.2. The largest absolute Gasteiger partial charge is 0.463 e. The summed E-state index contributed by atoms with van der Waals surface area (Å²) in [4.78, 5) is 10.9. The highest BCUT2D eigenvalue weighted by Gasteiger charge is 2.00. The molecule has 0 aliphatic heterocycles. The minimum Gasteiger partial charge on any atom is -0.463 e. The highest BCUT2D eigenvalue weighted by Crippen LogP contribution is 2.08.